The molecule has 0 saturated heterocycles. The first-order chi connectivity index (χ1) is 10.4. The molecule has 0 amide bonds. The largest absolute Gasteiger partial charge is 0.497 e. The highest BCUT2D eigenvalue weighted by molar-refractivity contribution is 5.63. The molecule has 3 nitrogen and oxygen atoms in total. The van der Waals surface area contributed by atoms with Crippen LogP contribution in [-0.4, -0.2) is 18.1 Å². The van der Waals surface area contributed by atoms with Gasteiger partial charge in [0.25, 0.3) is 0 Å². The minimum absolute atomic E-state index is 0.153. The number of methoxy groups -OCH3 is 1. The molecule has 0 unspecified atom stereocenters. The third kappa shape index (κ3) is 2.92. The summed E-state index contributed by atoms with van der Waals surface area (Å²) >= 11 is 0. The van der Waals surface area contributed by atoms with E-state index in [9.17, 15) is 13.2 Å². The van der Waals surface area contributed by atoms with Gasteiger partial charge in [-0.1, -0.05) is 6.07 Å². The first-order valence-electron chi connectivity index (χ1n) is 6.86. The van der Waals surface area contributed by atoms with Crippen LogP contribution >= 0.6 is 0 Å². The van der Waals surface area contributed by atoms with E-state index in [0.717, 1.165) is 24.1 Å². The summed E-state index contributed by atoms with van der Waals surface area (Å²) in [4.78, 5) is 4.26. The SMILES string of the molecule is COc1cc(-c2ccc([C@H]3C[C@@H]3N)cn2)cc(C(F)(F)F)c1. The first-order valence-corrected chi connectivity index (χ1v) is 6.86. The summed E-state index contributed by atoms with van der Waals surface area (Å²) in [6, 6.07) is 7.34. The Morgan fingerprint density at radius 1 is 1.23 bits per heavy atom. The Morgan fingerprint density at radius 2 is 1.95 bits per heavy atom. The molecule has 1 aliphatic carbocycles. The van der Waals surface area contributed by atoms with Crippen LogP contribution < -0.4 is 10.5 Å². The summed E-state index contributed by atoms with van der Waals surface area (Å²) in [5.41, 5.74) is 6.90. The van der Waals surface area contributed by atoms with E-state index in [1.165, 1.54) is 7.11 Å². The van der Waals surface area contributed by atoms with Crippen molar-refractivity contribution >= 4 is 0 Å². The molecule has 1 heterocycles. The van der Waals surface area contributed by atoms with E-state index in [1.54, 1.807) is 18.3 Å². The van der Waals surface area contributed by atoms with Crippen LogP contribution in [0.5, 0.6) is 5.75 Å². The molecule has 1 aliphatic rings. The van der Waals surface area contributed by atoms with Gasteiger partial charge in [0.15, 0.2) is 0 Å². The summed E-state index contributed by atoms with van der Waals surface area (Å²) in [5, 5.41) is 0. The van der Waals surface area contributed by atoms with Crippen LogP contribution in [0.15, 0.2) is 36.5 Å². The molecule has 116 valence electrons. The first kappa shape index (κ1) is 14.8. The fraction of sp³-hybridized carbons (Fsp3) is 0.312. The summed E-state index contributed by atoms with van der Waals surface area (Å²) in [7, 11) is 1.34. The van der Waals surface area contributed by atoms with Gasteiger partial charge in [0.1, 0.15) is 5.75 Å². The second-order valence-corrected chi connectivity index (χ2v) is 5.43. The molecular weight excluding hydrogens is 293 g/mol. The average molecular weight is 308 g/mol. The third-order valence-electron chi connectivity index (χ3n) is 3.82. The summed E-state index contributed by atoms with van der Waals surface area (Å²) in [6.07, 6.45) is -1.82. The quantitative estimate of drug-likeness (QED) is 0.942. The molecule has 1 saturated carbocycles. The molecule has 0 aliphatic heterocycles. The lowest BCUT2D eigenvalue weighted by Crippen LogP contribution is -2.05. The minimum Gasteiger partial charge on any atom is -0.497 e. The number of alkyl halides is 3. The number of rotatable bonds is 3. The van der Waals surface area contributed by atoms with Crippen LogP contribution in [0.3, 0.4) is 0 Å². The maximum absolute atomic E-state index is 12.9. The number of benzene rings is 1. The Morgan fingerprint density at radius 3 is 2.45 bits per heavy atom. The molecule has 0 radical (unpaired) electrons. The van der Waals surface area contributed by atoms with Crippen molar-refractivity contribution in [3.05, 3.63) is 47.7 Å². The number of hydrogen-bond donors (Lipinski definition) is 1. The molecule has 1 aromatic carbocycles. The van der Waals surface area contributed by atoms with E-state index < -0.39 is 11.7 Å². The van der Waals surface area contributed by atoms with Crippen molar-refractivity contribution in [2.75, 3.05) is 7.11 Å². The van der Waals surface area contributed by atoms with E-state index in [0.29, 0.717) is 17.2 Å². The van der Waals surface area contributed by atoms with E-state index >= 15 is 0 Å². The number of halogens is 3. The van der Waals surface area contributed by atoms with Crippen molar-refractivity contribution in [3.63, 3.8) is 0 Å². The standard InChI is InChI=1S/C16H15F3N2O/c1-22-12-5-10(4-11(6-12)16(17,18)19)15-3-2-9(8-21-15)13-7-14(13)20/h2-6,8,13-14H,7,20H2,1H3/t13-,14+/m1/s1. The number of hydrogen-bond acceptors (Lipinski definition) is 3. The number of aromatic nitrogens is 1. The molecule has 0 bridgehead atoms. The predicted molar refractivity (Wildman–Crippen MR) is 76.6 cm³/mol. The van der Waals surface area contributed by atoms with Gasteiger partial charge in [-0.25, -0.2) is 0 Å². The predicted octanol–water partition coefficient (Wildman–Crippen LogP) is 3.59. The molecule has 1 fully saturated rings. The van der Waals surface area contributed by atoms with Gasteiger partial charge in [-0.2, -0.15) is 13.2 Å². The van der Waals surface area contributed by atoms with Crippen molar-refractivity contribution in [1.29, 1.82) is 0 Å². The fourth-order valence-electron chi connectivity index (χ4n) is 2.42. The Labute approximate surface area is 125 Å². The Bertz CT molecular complexity index is 683. The van der Waals surface area contributed by atoms with Crippen LogP contribution in [0.4, 0.5) is 13.2 Å². The van der Waals surface area contributed by atoms with Gasteiger partial charge >= 0.3 is 6.18 Å². The third-order valence-corrected chi connectivity index (χ3v) is 3.82. The fourth-order valence-corrected chi connectivity index (χ4v) is 2.42. The highest BCUT2D eigenvalue weighted by atomic mass is 19.4. The normalized spacial score (nSPS) is 20.8. The maximum atomic E-state index is 12.9. The molecule has 3 rings (SSSR count). The molecule has 2 N–H and O–H groups in total. The number of pyridine rings is 1. The zero-order valence-electron chi connectivity index (χ0n) is 11.9. The molecular formula is C16H15F3N2O. The molecule has 6 heteroatoms. The smallest absolute Gasteiger partial charge is 0.416 e. The van der Waals surface area contributed by atoms with Crippen LogP contribution in [0.25, 0.3) is 11.3 Å². The van der Waals surface area contributed by atoms with E-state index in [-0.39, 0.29) is 11.8 Å². The zero-order valence-corrected chi connectivity index (χ0v) is 11.9. The zero-order chi connectivity index (χ0) is 15.9. The lowest BCUT2D eigenvalue weighted by molar-refractivity contribution is -0.137. The van der Waals surface area contributed by atoms with Crippen LogP contribution in [0.1, 0.15) is 23.5 Å². The molecule has 1 aromatic heterocycles. The summed E-state index contributed by atoms with van der Waals surface area (Å²) < 4.78 is 43.7. The number of nitrogens with two attached hydrogens (primary N) is 1. The van der Waals surface area contributed by atoms with Crippen molar-refractivity contribution in [1.82, 2.24) is 4.98 Å². The lowest BCUT2D eigenvalue weighted by Gasteiger charge is -2.11. The van der Waals surface area contributed by atoms with Crippen LogP contribution in [0, 0.1) is 0 Å². The van der Waals surface area contributed by atoms with Crippen LogP contribution in [-0.2, 0) is 6.18 Å². The number of ether oxygens (including phenoxy) is 1. The van der Waals surface area contributed by atoms with Gasteiger partial charge in [-0.3, -0.25) is 4.98 Å². The molecule has 2 atom stereocenters. The highest BCUT2D eigenvalue weighted by Crippen LogP contribution is 2.39. The summed E-state index contributed by atoms with van der Waals surface area (Å²) in [5.74, 6) is 0.470. The van der Waals surface area contributed by atoms with Gasteiger partial charge in [0.05, 0.1) is 18.4 Å². The topological polar surface area (TPSA) is 48.1 Å². The van der Waals surface area contributed by atoms with Crippen molar-refractivity contribution in [2.24, 2.45) is 5.73 Å². The van der Waals surface area contributed by atoms with E-state index in [2.05, 4.69) is 4.98 Å². The Balaban J connectivity index is 1.96. The molecule has 0 spiro atoms. The Hall–Kier alpha value is -2.08. The van der Waals surface area contributed by atoms with Crippen molar-refractivity contribution in [3.8, 4) is 17.0 Å². The Kier molecular flexibility index (Phi) is 3.56. The van der Waals surface area contributed by atoms with E-state index in [1.807, 2.05) is 6.07 Å². The lowest BCUT2D eigenvalue weighted by atomic mass is 10.0. The van der Waals surface area contributed by atoms with Crippen LogP contribution in [0.2, 0.25) is 0 Å². The van der Waals surface area contributed by atoms with Gasteiger partial charge < -0.3 is 10.5 Å². The van der Waals surface area contributed by atoms with Crippen molar-refractivity contribution in [2.45, 2.75) is 24.6 Å². The second-order valence-electron chi connectivity index (χ2n) is 5.43. The second kappa shape index (κ2) is 5.28. The average Bonchev–Trinajstić information content (AvgIpc) is 3.23. The van der Waals surface area contributed by atoms with Gasteiger partial charge in [-0.15, -0.1) is 0 Å². The molecule has 2 aromatic rings. The summed E-state index contributed by atoms with van der Waals surface area (Å²) in [6.45, 7) is 0. The van der Waals surface area contributed by atoms with Gasteiger partial charge in [-0.05, 0) is 36.2 Å². The van der Waals surface area contributed by atoms with Crippen molar-refractivity contribution < 1.29 is 17.9 Å². The van der Waals surface area contributed by atoms with Gasteiger partial charge in [0.2, 0.25) is 0 Å². The minimum atomic E-state index is -4.43. The van der Waals surface area contributed by atoms with Gasteiger partial charge in [0, 0.05) is 23.7 Å². The highest BCUT2D eigenvalue weighted by Gasteiger charge is 2.35. The maximum Gasteiger partial charge on any atom is 0.416 e. The monoisotopic (exact) mass is 308 g/mol. The number of nitrogens with zero attached hydrogens (tertiary/aromatic N) is 1. The van der Waals surface area contributed by atoms with E-state index in [4.69, 9.17) is 10.5 Å². The molecule has 22 heavy (non-hydrogen) atoms.